The highest BCUT2D eigenvalue weighted by molar-refractivity contribution is 7.80. The molecule has 1 heterocycles. The molecular formula is C19H30N2O2S2. The average Bonchev–Trinajstić information content (AvgIpc) is 2.92. The van der Waals surface area contributed by atoms with Crippen LogP contribution in [-0.2, 0) is 17.6 Å². The zero-order chi connectivity index (χ0) is 18.2. The van der Waals surface area contributed by atoms with Crippen molar-refractivity contribution in [2.24, 2.45) is 0 Å². The molecule has 0 aliphatic heterocycles. The van der Waals surface area contributed by atoms with Gasteiger partial charge in [0.1, 0.15) is 5.00 Å². The maximum Gasteiger partial charge on any atom is 0.341 e. The molecule has 0 fully saturated rings. The molecule has 1 aliphatic carbocycles. The molecule has 1 atom stereocenters. The molecule has 0 spiro atoms. The van der Waals surface area contributed by atoms with Crippen LogP contribution in [0.15, 0.2) is 0 Å². The fraction of sp³-hybridized carbons (Fsp3) is 0.684. The fourth-order valence-electron chi connectivity index (χ4n) is 3.21. The van der Waals surface area contributed by atoms with Crippen LogP contribution in [0.5, 0.6) is 0 Å². The van der Waals surface area contributed by atoms with Gasteiger partial charge in [-0.2, -0.15) is 0 Å². The second-order valence-electron chi connectivity index (χ2n) is 6.63. The van der Waals surface area contributed by atoms with Gasteiger partial charge in [-0.25, -0.2) is 4.79 Å². The molecule has 1 aromatic heterocycles. The summed E-state index contributed by atoms with van der Waals surface area (Å²) in [5.74, 6) is -0.233. The Morgan fingerprint density at radius 2 is 2.04 bits per heavy atom. The Balaban J connectivity index is 2.06. The van der Waals surface area contributed by atoms with E-state index in [0.717, 1.165) is 36.2 Å². The number of aryl methyl sites for hydroxylation is 1. The highest BCUT2D eigenvalue weighted by atomic mass is 32.1. The summed E-state index contributed by atoms with van der Waals surface area (Å²) in [6, 6.07) is 0.326. The molecule has 0 aromatic carbocycles. The lowest BCUT2D eigenvalue weighted by molar-refractivity contribution is 0.0526. The number of hydrogen-bond acceptors (Lipinski definition) is 4. The van der Waals surface area contributed by atoms with Crippen LogP contribution in [0.1, 0.15) is 80.1 Å². The third-order valence-corrected chi connectivity index (χ3v) is 5.92. The first-order valence-electron chi connectivity index (χ1n) is 9.45. The van der Waals surface area contributed by atoms with Gasteiger partial charge in [0.2, 0.25) is 0 Å². The zero-order valence-corrected chi connectivity index (χ0v) is 17.2. The number of fused-ring (bicyclic) bond motifs is 1. The second-order valence-corrected chi connectivity index (χ2v) is 8.14. The monoisotopic (exact) mass is 382 g/mol. The quantitative estimate of drug-likeness (QED) is 0.374. The van der Waals surface area contributed by atoms with Crippen LogP contribution < -0.4 is 10.6 Å². The predicted octanol–water partition coefficient (Wildman–Crippen LogP) is 5.06. The normalized spacial score (nSPS) is 14.5. The molecule has 0 saturated carbocycles. The van der Waals surface area contributed by atoms with Crippen LogP contribution in [0.3, 0.4) is 0 Å². The Kier molecular flexibility index (Phi) is 8.16. The van der Waals surface area contributed by atoms with Crippen LogP contribution in [0, 0.1) is 0 Å². The first kappa shape index (κ1) is 20.2. The molecule has 25 heavy (non-hydrogen) atoms. The maximum absolute atomic E-state index is 12.5. The highest BCUT2D eigenvalue weighted by Crippen LogP contribution is 2.38. The number of nitrogens with one attached hydrogen (secondary N) is 2. The first-order chi connectivity index (χ1) is 12.1. The number of carbonyl (C=O) groups is 1. The molecule has 0 radical (unpaired) electrons. The van der Waals surface area contributed by atoms with E-state index >= 15 is 0 Å². The minimum absolute atomic E-state index is 0.233. The summed E-state index contributed by atoms with van der Waals surface area (Å²) >= 11 is 7.13. The summed E-state index contributed by atoms with van der Waals surface area (Å²) < 4.78 is 5.29. The van der Waals surface area contributed by atoms with E-state index in [2.05, 4.69) is 24.5 Å². The third kappa shape index (κ3) is 5.68. The van der Waals surface area contributed by atoms with E-state index in [4.69, 9.17) is 17.0 Å². The molecule has 1 aliphatic rings. The summed E-state index contributed by atoms with van der Waals surface area (Å²) in [5.41, 5.74) is 1.86. The summed E-state index contributed by atoms with van der Waals surface area (Å²) in [6.45, 7) is 6.59. The van der Waals surface area contributed by atoms with Crippen LogP contribution in [0.2, 0.25) is 0 Å². The van der Waals surface area contributed by atoms with Gasteiger partial charge in [0.15, 0.2) is 5.11 Å². The van der Waals surface area contributed by atoms with Gasteiger partial charge < -0.3 is 15.4 Å². The number of unbranched alkanes of at least 4 members (excludes halogenated alkanes) is 2. The molecule has 6 heteroatoms. The number of anilines is 1. The van der Waals surface area contributed by atoms with E-state index in [-0.39, 0.29) is 5.97 Å². The van der Waals surface area contributed by atoms with Crippen molar-refractivity contribution < 1.29 is 9.53 Å². The van der Waals surface area contributed by atoms with Crippen molar-refractivity contribution in [1.29, 1.82) is 0 Å². The summed E-state index contributed by atoms with van der Waals surface area (Å²) in [6.07, 6.45) is 9.09. The smallest absolute Gasteiger partial charge is 0.341 e. The minimum atomic E-state index is -0.233. The molecule has 2 N–H and O–H groups in total. The van der Waals surface area contributed by atoms with Crippen molar-refractivity contribution in [2.75, 3.05) is 11.9 Å². The Bertz CT molecular complexity index is 598. The van der Waals surface area contributed by atoms with E-state index < -0.39 is 0 Å². The molecule has 4 nitrogen and oxygen atoms in total. The Morgan fingerprint density at radius 3 is 2.76 bits per heavy atom. The number of ether oxygens (including phenoxy) is 1. The first-order valence-corrected chi connectivity index (χ1v) is 10.7. The second kappa shape index (κ2) is 10.1. The van der Waals surface area contributed by atoms with Crippen molar-refractivity contribution in [3.63, 3.8) is 0 Å². The molecule has 1 aromatic rings. The van der Waals surface area contributed by atoms with Gasteiger partial charge >= 0.3 is 5.97 Å². The van der Waals surface area contributed by atoms with Gasteiger partial charge in [-0.05, 0) is 63.7 Å². The molecule has 1 unspecified atom stereocenters. The number of rotatable bonds is 8. The zero-order valence-electron chi connectivity index (χ0n) is 15.6. The van der Waals surface area contributed by atoms with E-state index in [1.54, 1.807) is 11.3 Å². The number of hydrogen-bond donors (Lipinski definition) is 2. The van der Waals surface area contributed by atoms with Crippen molar-refractivity contribution in [3.05, 3.63) is 16.0 Å². The summed E-state index contributed by atoms with van der Waals surface area (Å²) in [4.78, 5) is 13.8. The standard InChI is InChI=1S/C19H30N2O2S2/c1-4-6-7-10-13(3)20-19(24)21-17-16(18(22)23-5-2)14-11-8-9-12-15(14)25-17/h13H,4-12H2,1-3H3,(H2,20,21,24). The Hall–Kier alpha value is -1.14. The lowest BCUT2D eigenvalue weighted by Gasteiger charge is -2.17. The largest absolute Gasteiger partial charge is 0.462 e. The van der Waals surface area contributed by atoms with Gasteiger partial charge in [0.25, 0.3) is 0 Å². The molecule has 2 rings (SSSR count). The van der Waals surface area contributed by atoms with Crippen LogP contribution in [0.25, 0.3) is 0 Å². The van der Waals surface area contributed by atoms with E-state index in [0.29, 0.717) is 23.3 Å². The lowest BCUT2D eigenvalue weighted by Crippen LogP contribution is -2.36. The van der Waals surface area contributed by atoms with Crippen molar-refractivity contribution >= 4 is 39.6 Å². The number of thiocarbonyl (C=S) groups is 1. The van der Waals surface area contributed by atoms with Gasteiger partial charge in [0.05, 0.1) is 12.2 Å². The van der Waals surface area contributed by atoms with Crippen molar-refractivity contribution in [2.45, 2.75) is 78.2 Å². The molecule has 0 amide bonds. The molecule has 0 saturated heterocycles. The summed E-state index contributed by atoms with van der Waals surface area (Å²) in [7, 11) is 0. The van der Waals surface area contributed by atoms with Gasteiger partial charge in [-0.15, -0.1) is 11.3 Å². The fourth-order valence-corrected chi connectivity index (χ4v) is 4.86. The van der Waals surface area contributed by atoms with E-state index in [1.165, 1.54) is 30.6 Å². The molecule has 0 bridgehead atoms. The van der Waals surface area contributed by atoms with Crippen molar-refractivity contribution in [1.82, 2.24) is 5.32 Å². The highest BCUT2D eigenvalue weighted by Gasteiger charge is 2.26. The number of thiophene rings is 1. The summed E-state index contributed by atoms with van der Waals surface area (Å²) in [5, 5.41) is 8.03. The number of carbonyl (C=O) groups excluding carboxylic acids is 1. The predicted molar refractivity (Wildman–Crippen MR) is 110 cm³/mol. The van der Waals surface area contributed by atoms with Crippen LogP contribution >= 0.6 is 23.6 Å². The average molecular weight is 383 g/mol. The van der Waals surface area contributed by atoms with Crippen molar-refractivity contribution in [3.8, 4) is 0 Å². The SMILES string of the molecule is CCCCCC(C)NC(=S)Nc1sc2c(c1C(=O)OCC)CCCC2. The Morgan fingerprint density at radius 1 is 1.28 bits per heavy atom. The maximum atomic E-state index is 12.5. The van der Waals surface area contributed by atoms with Gasteiger partial charge in [0, 0.05) is 10.9 Å². The topological polar surface area (TPSA) is 50.4 Å². The van der Waals surface area contributed by atoms with E-state index in [1.807, 2.05) is 6.92 Å². The van der Waals surface area contributed by atoms with Crippen LogP contribution in [0.4, 0.5) is 5.00 Å². The third-order valence-electron chi connectivity index (χ3n) is 4.50. The van der Waals surface area contributed by atoms with Crippen LogP contribution in [-0.4, -0.2) is 23.7 Å². The Labute approximate surface area is 160 Å². The number of esters is 1. The molecular weight excluding hydrogens is 352 g/mol. The minimum Gasteiger partial charge on any atom is -0.462 e. The van der Waals surface area contributed by atoms with E-state index in [9.17, 15) is 4.79 Å². The van der Waals surface area contributed by atoms with Gasteiger partial charge in [-0.1, -0.05) is 26.2 Å². The lowest BCUT2D eigenvalue weighted by atomic mass is 9.95. The molecule has 140 valence electrons. The van der Waals surface area contributed by atoms with Gasteiger partial charge in [-0.3, -0.25) is 0 Å².